The minimum absolute atomic E-state index is 0.0962. The molecule has 0 N–H and O–H groups in total. The first-order valence-electron chi connectivity index (χ1n) is 9.52. The number of carbonyl (C=O) groups is 1. The van der Waals surface area contributed by atoms with Gasteiger partial charge in [-0.25, -0.2) is 4.99 Å². The zero-order valence-corrected chi connectivity index (χ0v) is 17.6. The minimum Gasteiger partial charge on any atom is -0.336 e. The second kappa shape index (κ2) is 8.37. The first-order chi connectivity index (χ1) is 15.8. The molecule has 0 fully saturated rings. The predicted molar refractivity (Wildman–Crippen MR) is 107 cm³/mol. The largest absolute Gasteiger partial charge is 0.426 e. The van der Waals surface area contributed by atoms with Crippen molar-refractivity contribution in [3.05, 3.63) is 70.8 Å². The molecule has 0 aliphatic carbocycles. The monoisotopic (exact) mass is 479 g/mol. The molecule has 1 aliphatic rings. The summed E-state index contributed by atoms with van der Waals surface area (Å²) in [6.45, 7) is 0. The quantitative estimate of drug-likeness (QED) is 0.621. The van der Waals surface area contributed by atoms with E-state index in [0.717, 1.165) is 26.2 Å². The second-order valence-corrected chi connectivity index (χ2v) is 7.48. The number of benzene rings is 2. The number of nitrogens with zero attached hydrogens (tertiary/aromatic N) is 5. The van der Waals surface area contributed by atoms with Gasteiger partial charge in [-0.15, -0.1) is 0 Å². The number of amidine groups is 1. The SMILES string of the molecule is CN(C(=O)c1ccc(C#N)cc1)[C@@H]1N(C)C(c2ccc(C#N)cc2)=NC1(C(F)(F)F)C(F)(F)F. The van der Waals surface area contributed by atoms with Gasteiger partial charge in [0.25, 0.3) is 11.4 Å². The number of aliphatic imine (C=N–C) groups is 1. The molecule has 2 aromatic rings. The number of hydrogen-bond donors (Lipinski definition) is 0. The third-order valence-corrected chi connectivity index (χ3v) is 5.44. The van der Waals surface area contributed by atoms with Crippen LogP contribution >= 0.6 is 0 Å². The van der Waals surface area contributed by atoms with Crippen LogP contribution in [0.4, 0.5) is 26.3 Å². The summed E-state index contributed by atoms with van der Waals surface area (Å²) in [6, 6.07) is 13.1. The van der Waals surface area contributed by atoms with Crippen molar-refractivity contribution in [1.82, 2.24) is 9.80 Å². The maximum absolute atomic E-state index is 14.2. The van der Waals surface area contributed by atoms with Crippen LogP contribution in [-0.2, 0) is 0 Å². The van der Waals surface area contributed by atoms with E-state index in [1.54, 1.807) is 12.1 Å². The molecule has 34 heavy (non-hydrogen) atoms. The summed E-state index contributed by atoms with van der Waals surface area (Å²) >= 11 is 0. The molecule has 1 atom stereocenters. The maximum atomic E-state index is 14.2. The van der Waals surface area contributed by atoms with Gasteiger partial charge in [-0.05, 0) is 48.5 Å². The summed E-state index contributed by atoms with van der Waals surface area (Å²) in [5, 5.41) is 17.8. The molecule has 0 radical (unpaired) electrons. The summed E-state index contributed by atoms with van der Waals surface area (Å²) < 4.78 is 85.2. The van der Waals surface area contributed by atoms with Crippen molar-refractivity contribution in [3.63, 3.8) is 0 Å². The van der Waals surface area contributed by atoms with E-state index in [9.17, 15) is 31.1 Å². The van der Waals surface area contributed by atoms with E-state index in [0.29, 0.717) is 9.80 Å². The van der Waals surface area contributed by atoms with Crippen LogP contribution in [0.2, 0.25) is 0 Å². The van der Waals surface area contributed by atoms with E-state index in [1.165, 1.54) is 36.4 Å². The first-order valence-corrected chi connectivity index (χ1v) is 9.52. The number of halogens is 6. The van der Waals surface area contributed by atoms with Crippen molar-refractivity contribution in [1.29, 1.82) is 10.5 Å². The van der Waals surface area contributed by atoms with Crippen LogP contribution in [0.15, 0.2) is 53.5 Å². The molecule has 1 aliphatic heterocycles. The van der Waals surface area contributed by atoms with Crippen LogP contribution in [0.5, 0.6) is 0 Å². The number of rotatable bonds is 3. The number of carbonyl (C=O) groups excluding carboxylic acids is 1. The molecule has 1 amide bonds. The Morgan fingerprint density at radius 3 is 1.79 bits per heavy atom. The maximum Gasteiger partial charge on any atom is 0.426 e. The van der Waals surface area contributed by atoms with E-state index >= 15 is 0 Å². The molecular weight excluding hydrogens is 464 g/mol. The van der Waals surface area contributed by atoms with Gasteiger partial charge in [0, 0.05) is 25.2 Å². The molecule has 6 nitrogen and oxygen atoms in total. The average Bonchev–Trinajstić information content (AvgIpc) is 3.12. The predicted octanol–water partition coefficient (Wildman–Crippen LogP) is 4.08. The number of amides is 1. The molecule has 0 unspecified atom stereocenters. The summed E-state index contributed by atoms with van der Waals surface area (Å²) in [6.07, 6.45) is -14.4. The smallest absolute Gasteiger partial charge is 0.336 e. The van der Waals surface area contributed by atoms with Crippen LogP contribution in [0.1, 0.15) is 27.0 Å². The lowest BCUT2D eigenvalue weighted by Gasteiger charge is -2.42. The normalized spacial score (nSPS) is 17.5. The number of likely N-dealkylation sites (N-methyl/N-ethyl adjacent to an activating group) is 2. The van der Waals surface area contributed by atoms with Gasteiger partial charge in [-0.3, -0.25) is 4.79 Å². The molecule has 0 aromatic heterocycles. The zero-order valence-electron chi connectivity index (χ0n) is 17.6. The van der Waals surface area contributed by atoms with Gasteiger partial charge in [0.15, 0.2) is 0 Å². The van der Waals surface area contributed by atoms with Crippen LogP contribution in [0.25, 0.3) is 0 Å². The lowest BCUT2D eigenvalue weighted by molar-refractivity contribution is -0.311. The van der Waals surface area contributed by atoms with E-state index < -0.39 is 35.8 Å². The molecule has 3 rings (SSSR count). The lowest BCUT2D eigenvalue weighted by Crippen LogP contribution is -2.69. The number of nitriles is 2. The van der Waals surface area contributed by atoms with Crippen molar-refractivity contribution < 1.29 is 31.1 Å². The van der Waals surface area contributed by atoms with E-state index in [-0.39, 0.29) is 22.3 Å². The van der Waals surface area contributed by atoms with Gasteiger partial charge in [0.05, 0.1) is 23.3 Å². The van der Waals surface area contributed by atoms with Gasteiger partial charge in [0.1, 0.15) is 12.0 Å². The number of hydrogen-bond acceptors (Lipinski definition) is 5. The summed E-state index contributed by atoms with van der Waals surface area (Å²) in [5.74, 6) is -1.78. The van der Waals surface area contributed by atoms with Crippen LogP contribution in [-0.4, -0.2) is 59.7 Å². The van der Waals surface area contributed by atoms with Crippen molar-refractivity contribution >= 4 is 11.7 Å². The molecule has 0 spiro atoms. The summed E-state index contributed by atoms with van der Waals surface area (Å²) in [7, 11) is 1.80. The van der Waals surface area contributed by atoms with Crippen molar-refractivity contribution in [3.8, 4) is 12.1 Å². The molecule has 2 aromatic carbocycles. The summed E-state index contributed by atoms with van der Waals surface area (Å²) in [4.78, 5) is 17.1. The highest BCUT2D eigenvalue weighted by molar-refractivity contribution is 6.02. The topological polar surface area (TPSA) is 83.5 Å². The number of alkyl halides is 6. The van der Waals surface area contributed by atoms with Crippen molar-refractivity contribution in [2.24, 2.45) is 4.99 Å². The Kier molecular flexibility index (Phi) is 6.05. The third kappa shape index (κ3) is 3.81. The van der Waals surface area contributed by atoms with E-state index in [4.69, 9.17) is 10.5 Å². The highest BCUT2D eigenvalue weighted by Gasteiger charge is 2.79. The fourth-order valence-electron chi connectivity index (χ4n) is 3.78. The highest BCUT2D eigenvalue weighted by atomic mass is 19.4. The minimum atomic E-state index is -5.92. The van der Waals surface area contributed by atoms with Crippen LogP contribution in [0.3, 0.4) is 0 Å². The molecule has 1 heterocycles. The average molecular weight is 479 g/mol. The fourth-order valence-corrected chi connectivity index (χ4v) is 3.78. The van der Waals surface area contributed by atoms with Crippen LogP contribution in [0, 0.1) is 22.7 Å². The van der Waals surface area contributed by atoms with Crippen LogP contribution < -0.4 is 0 Å². The summed E-state index contributed by atoms with van der Waals surface area (Å²) in [5.41, 5.74) is -4.65. The molecule has 12 heteroatoms. The third-order valence-electron chi connectivity index (χ3n) is 5.44. The van der Waals surface area contributed by atoms with Gasteiger partial charge in [0.2, 0.25) is 0 Å². The lowest BCUT2D eigenvalue weighted by atomic mass is 9.93. The van der Waals surface area contributed by atoms with Gasteiger partial charge >= 0.3 is 12.4 Å². The fraction of sp³-hybridized carbons (Fsp3) is 0.273. The van der Waals surface area contributed by atoms with E-state index in [1.807, 2.05) is 0 Å². The molecule has 176 valence electrons. The molecule has 0 saturated heterocycles. The van der Waals surface area contributed by atoms with Crippen molar-refractivity contribution in [2.45, 2.75) is 24.1 Å². The van der Waals surface area contributed by atoms with Gasteiger partial charge in [-0.2, -0.15) is 36.9 Å². The van der Waals surface area contributed by atoms with Crippen molar-refractivity contribution in [2.75, 3.05) is 14.1 Å². The van der Waals surface area contributed by atoms with E-state index in [2.05, 4.69) is 4.99 Å². The highest BCUT2D eigenvalue weighted by Crippen LogP contribution is 2.53. The Morgan fingerprint density at radius 2 is 1.38 bits per heavy atom. The Balaban J connectivity index is 2.17. The molecule has 0 bridgehead atoms. The van der Waals surface area contributed by atoms with Gasteiger partial charge < -0.3 is 9.80 Å². The second-order valence-electron chi connectivity index (χ2n) is 7.48. The molecular formula is C22H15F6N5O. The standard InChI is InChI=1S/C22H15F6N5O/c1-32-17(15-7-3-13(11-29)4-8-15)31-20(21(23,24)25,22(26,27)28)19(32)33(2)18(34)16-9-5-14(12-30)6-10-16/h3-10,19H,1-2H3/t19-/m0/s1. The first kappa shape index (κ1) is 24.6. The Bertz CT molecular complexity index is 1190. The molecule has 0 saturated carbocycles. The Labute approximate surface area is 189 Å². The Hall–Kier alpha value is -4.06. The van der Waals surface area contributed by atoms with Gasteiger partial charge in [-0.1, -0.05) is 0 Å². The Morgan fingerprint density at radius 1 is 0.941 bits per heavy atom. The zero-order chi connectivity index (χ0) is 25.5.